The van der Waals surface area contributed by atoms with Crippen LogP contribution in [0.2, 0.25) is 0 Å². The molecule has 1 N–H and O–H groups in total. The van der Waals surface area contributed by atoms with Crippen molar-refractivity contribution in [3.05, 3.63) is 29.3 Å². The largest absolute Gasteiger partial charge is 0.316 e. The van der Waals surface area contributed by atoms with Crippen LogP contribution in [-0.4, -0.2) is 27.8 Å². The van der Waals surface area contributed by atoms with E-state index >= 15 is 0 Å². The average Bonchev–Trinajstić information content (AvgIpc) is 2.39. The highest BCUT2D eigenvalue weighted by atomic mass is 35.5. The highest BCUT2D eigenvalue weighted by Gasteiger charge is 2.12. The third-order valence-corrected chi connectivity index (χ3v) is 3.86. The van der Waals surface area contributed by atoms with Gasteiger partial charge in [0.1, 0.15) is 0 Å². The number of halogens is 1. The van der Waals surface area contributed by atoms with Crippen LogP contribution in [0.3, 0.4) is 0 Å². The lowest BCUT2D eigenvalue weighted by Crippen LogP contribution is -2.16. The number of fused-ring (bicyclic) bond motifs is 1. The molecule has 0 bridgehead atoms. The van der Waals surface area contributed by atoms with Crippen LogP contribution < -0.4 is 5.32 Å². The van der Waals surface area contributed by atoms with Gasteiger partial charge in [0.05, 0.1) is 4.90 Å². The van der Waals surface area contributed by atoms with Crippen molar-refractivity contribution in [2.45, 2.75) is 17.7 Å². The Labute approximate surface area is 103 Å². The maximum atomic E-state index is 11.4. The van der Waals surface area contributed by atoms with Gasteiger partial charge in [0.15, 0.2) is 9.84 Å². The van der Waals surface area contributed by atoms with E-state index in [1.165, 1.54) is 17.4 Å². The zero-order valence-electron chi connectivity index (χ0n) is 9.19. The third-order valence-electron chi connectivity index (χ3n) is 2.75. The third kappa shape index (κ3) is 2.97. The Morgan fingerprint density at radius 3 is 2.38 bits per heavy atom. The standard InChI is InChI=1S/C11H15NO2S.ClH/c1-15(13,14)11-3-2-9-4-6-12-7-5-10(9)8-11;/h2-3,8,12H,4-7H2,1H3;1H. The van der Waals surface area contributed by atoms with Gasteiger partial charge in [-0.2, -0.15) is 0 Å². The monoisotopic (exact) mass is 261 g/mol. The molecular weight excluding hydrogens is 246 g/mol. The Hall–Kier alpha value is -0.580. The summed E-state index contributed by atoms with van der Waals surface area (Å²) < 4.78 is 22.8. The van der Waals surface area contributed by atoms with Crippen molar-refractivity contribution in [1.29, 1.82) is 0 Å². The van der Waals surface area contributed by atoms with Crippen LogP contribution >= 0.6 is 12.4 Å². The molecule has 5 heteroatoms. The highest BCUT2D eigenvalue weighted by Crippen LogP contribution is 2.18. The summed E-state index contributed by atoms with van der Waals surface area (Å²) in [5.41, 5.74) is 2.44. The molecule has 16 heavy (non-hydrogen) atoms. The van der Waals surface area contributed by atoms with Gasteiger partial charge >= 0.3 is 0 Å². The fourth-order valence-electron chi connectivity index (χ4n) is 1.88. The van der Waals surface area contributed by atoms with E-state index in [1.54, 1.807) is 6.07 Å². The quantitative estimate of drug-likeness (QED) is 0.826. The van der Waals surface area contributed by atoms with Crippen LogP contribution in [0.5, 0.6) is 0 Å². The van der Waals surface area contributed by atoms with Crippen molar-refractivity contribution in [3.8, 4) is 0 Å². The molecule has 1 aliphatic heterocycles. The van der Waals surface area contributed by atoms with Gasteiger partial charge in [0.25, 0.3) is 0 Å². The van der Waals surface area contributed by atoms with E-state index in [4.69, 9.17) is 0 Å². The normalized spacial score (nSPS) is 15.8. The lowest BCUT2D eigenvalue weighted by Gasteiger charge is -2.06. The zero-order chi connectivity index (χ0) is 10.9. The predicted molar refractivity (Wildman–Crippen MR) is 67.1 cm³/mol. The van der Waals surface area contributed by atoms with E-state index in [1.807, 2.05) is 12.1 Å². The molecule has 0 unspecified atom stereocenters. The van der Waals surface area contributed by atoms with Gasteiger partial charge in [-0.3, -0.25) is 0 Å². The van der Waals surface area contributed by atoms with E-state index in [0.29, 0.717) is 4.90 Å². The SMILES string of the molecule is CS(=O)(=O)c1ccc2c(c1)CCNCC2.Cl. The number of benzene rings is 1. The van der Waals surface area contributed by atoms with Crippen LogP contribution in [0.15, 0.2) is 23.1 Å². The van der Waals surface area contributed by atoms with Crippen molar-refractivity contribution in [3.63, 3.8) is 0 Å². The van der Waals surface area contributed by atoms with Gasteiger partial charge in [0, 0.05) is 6.26 Å². The van der Waals surface area contributed by atoms with Gasteiger partial charge in [-0.15, -0.1) is 12.4 Å². The summed E-state index contributed by atoms with van der Waals surface area (Å²) in [6.45, 7) is 1.91. The van der Waals surface area contributed by atoms with Crippen molar-refractivity contribution in [2.75, 3.05) is 19.3 Å². The van der Waals surface area contributed by atoms with Gasteiger partial charge in [-0.05, 0) is 49.2 Å². The lowest BCUT2D eigenvalue weighted by molar-refractivity contribution is 0.601. The first-order valence-electron chi connectivity index (χ1n) is 5.10. The van der Waals surface area contributed by atoms with Crippen LogP contribution in [-0.2, 0) is 22.7 Å². The van der Waals surface area contributed by atoms with Crippen LogP contribution in [0.25, 0.3) is 0 Å². The summed E-state index contributed by atoms with van der Waals surface area (Å²) >= 11 is 0. The fraction of sp³-hybridized carbons (Fsp3) is 0.455. The zero-order valence-corrected chi connectivity index (χ0v) is 10.8. The summed E-state index contributed by atoms with van der Waals surface area (Å²) in [6, 6.07) is 5.47. The van der Waals surface area contributed by atoms with Crippen molar-refractivity contribution < 1.29 is 8.42 Å². The Morgan fingerprint density at radius 2 is 1.75 bits per heavy atom. The van der Waals surface area contributed by atoms with E-state index < -0.39 is 9.84 Å². The number of sulfone groups is 1. The molecule has 3 nitrogen and oxygen atoms in total. The molecule has 90 valence electrons. The molecule has 0 radical (unpaired) electrons. The summed E-state index contributed by atoms with van der Waals surface area (Å²) in [4.78, 5) is 0.433. The Kier molecular flexibility index (Phi) is 4.35. The average molecular weight is 262 g/mol. The molecule has 0 aromatic heterocycles. The second-order valence-corrected chi connectivity index (χ2v) is 5.97. The van der Waals surface area contributed by atoms with Crippen molar-refractivity contribution >= 4 is 22.2 Å². The number of hydrogen-bond acceptors (Lipinski definition) is 3. The molecule has 0 atom stereocenters. The first kappa shape index (κ1) is 13.5. The molecule has 0 amide bonds. The fourth-order valence-corrected chi connectivity index (χ4v) is 2.55. The predicted octanol–water partition coefficient (Wildman–Crippen LogP) is 1.20. The smallest absolute Gasteiger partial charge is 0.175 e. The maximum absolute atomic E-state index is 11.4. The minimum atomic E-state index is -3.07. The minimum Gasteiger partial charge on any atom is -0.316 e. The van der Waals surface area contributed by atoms with Gasteiger partial charge in [-0.1, -0.05) is 6.07 Å². The molecule has 2 rings (SSSR count). The molecule has 1 aromatic carbocycles. The van der Waals surface area contributed by atoms with E-state index in [2.05, 4.69) is 5.32 Å². The summed E-state index contributed by atoms with van der Waals surface area (Å²) in [7, 11) is -3.07. The molecule has 1 aliphatic rings. The molecule has 0 saturated carbocycles. The first-order chi connectivity index (χ1) is 7.07. The van der Waals surface area contributed by atoms with Crippen molar-refractivity contribution in [2.24, 2.45) is 0 Å². The second-order valence-electron chi connectivity index (χ2n) is 3.95. The van der Waals surface area contributed by atoms with Gasteiger partial charge in [-0.25, -0.2) is 8.42 Å². The topological polar surface area (TPSA) is 46.2 Å². The summed E-state index contributed by atoms with van der Waals surface area (Å²) in [6.07, 6.45) is 3.15. The highest BCUT2D eigenvalue weighted by molar-refractivity contribution is 7.90. The Bertz CT molecular complexity index is 471. The number of hydrogen-bond donors (Lipinski definition) is 1. The van der Waals surface area contributed by atoms with Gasteiger partial charge in [0.2, 0.25) is 0 Å². The van der Waals surface area contributed by atoms with Crippen LogP contribution in [0.1, 0.15) is 11.1 Å². The Morgan fingerprint density at radius 1 is 1.12 bits per heavy atom. The molecule has 0 spiro atoms. The Balaban J connectivity index is 0.00000128. The molecule has 0 aliphatic carbocycles. The molecule has 0 saturated heterocycles. The van der Waals surface area contributed by atoms with E-state index in [9.17, 15) is 8.42 Å². The van der Waals surface area contributed by atoms with E-state index in [-0.39, 0.29) is 12.4 Å². The molecular formula is C11H16ClNO2S. The van der Waals surface area contributed by atoms with Crippen molar-refractivity contribution in [1.82, 2.24) is 5.32 Å². The maximum Gasteiger partial charge on any atom is 0.175 e. The number of rotatable bonds is 1. The minimum absolute atomic E-state index is 0. The molecule has 0 fully saturated rings. The first-order valence-corrected chi connectivity index (χ1v) is 6.99. The van der Waals surface area contributed by atoms with E-state index in [0.717, 1.165) is 25.9 Å². The van der Waals surface area contributed by atoms with Crippen LogP contribution in [0, 0.1) is 0 Å². The lowest BCUT2D eigenvalue weighted by atomic mass is 10.0. The van der Waals surface area contributed by atoms with Gasteiger partial charge < -0.3 is 5.32 Å². The second kappa shape index (κ2) is 5.17. The summed E-state index contributed by atoms with van der Waals surface area (Å²) in [5, 5.41) is 3.30. The summed E-state index contributed by atoms with van der Waals surface area (Å²) in [5.74, 6) is 0. The number of nitrogens with one attached hydrogen (secondary N) is 1. The molecule has 1 heterocycles. The van der Waals surface area contributed by atoms with Crippen LogP contribution in [0.4, 0.5) is 0 Å². The molecule has 1 aromatic rings.